The van der Waals surface area contributed by atoms with E-state index in [4.69, 9.17) is 4.42 Å². The number of hydrogen-bond acceptors (Lipinski definition) is 2. The molecule has 0 aromatic carbocycles. The molecule has 1 fully saturated rings. The summed E-state index contributed by atoms with van der Waals surface area (Å²) in [6.45, 7) is 0. The first-order valence-corrected chi connectivity index (χ1v) is 5.97. The summed E-state index contributed by atoms with van der Waals surface area (Å²) >= 11 is 0. The number of aliphatic carboxylic acids is 1. The summed E-state index contributed by atoms with van der Waals surface area (Å²) in [5.41, 5.74) is 0.449. The molecular formula is C13H18O3. The molecule has 1 aromatic heterocycles. The van der Waals surface area contributed by atoms with Crippen molar-refractivity contribution in [3.63, 3.8) is 0 Å². The van der Waals surface area contributed by atoms with E-state index >= 15 is 0 Å². The maximum atomic E-state index is 11.5. The number of hydrogen-bond donors (Lipinski definition) is 1. The van der Waals surface area contributed by atoms with Gasteiger partial charge in [-0.3, -0.25) is 4.79 Å². The molecule has 1 N–H and O–H groups in total. The van der Waals surface area contributed by atoms with E-state index in [0.717, 1.165) is 31.2 Å². The van der Waals surface area contributed by atoms with Gasteiger partial charge in [-0.15, -0.1) is 0 Å². The molecule has 1 heterocycles. The zero-order valence-corrected chi connectivity index (χ0v) is 9.45. The van der Waals surface area contributed by atoms with Crippen LogP contribution in [0, 0.1) is 5.41 Å². The maximum Gasteiger partial charge on any atom is 0.309 e. The fraction of sp³-hybridized carbons (Fsp3) is 0.615. The summed E-state index contributed by atoms with van der Waals surface area (Å²) in [7, 11) is 0. The molecule has 3 heteroatoms. The minimum absolute atomic E-state index is 0.555. The first-order valence-electron chi connectivity index (χ1n) is 5.97. The minimum Gasteiger partial charge on any atom is -0.481 e. The molecule has 16 heavy (non-hydrogen) atoms. The second-order valence-corrected chi connectivity index (χ2v) is 4.81. The zero-order valence-electron chi connectivity index (χ0n) is 9.45. The van der Waals surface area contributed by atoms with E-state index in [1.807, 2.05) is 6.07 Å². The first kappa shape index (κ1) is 11.2. The smallest absolute Gasteiger partial charge is 0.309 e. The van der Waals surface area contributed by atoms with Gasteiger partial charge >= 0.3 is 5.97 Å². The average molecular weight is 222 g/mol. The Kier molecular flexibility index (Phi) is 3.32. The Hall–Kier alpha value is -1.25. The van der Waals surface area contributed by atoms with Crippen LogP contribution in [0.3, 0.4) is 0 Å². The van der Waals surface area contributed by atoms with Gasteiger partial charge < -0.3 is 9.52 Å². The Balaban J connectivity index is 2.17. The van der Waals surface area contributed by atoms with Crippen LogP contribution in [-0.4, -0.2) is 11.1 Å². The summed E-state index contributed by atoms with van der Waals surface area (Å²) < 4.78 is 5.02. The average Bonchev–Trinajstić information content (AvgIpc) is 2.62. The highest BCUT2D eigenvalue weighted by Crippen LogP contribution is 2.38. The lowest BCUT2D eigenvalue weighted by Crippen LogP contribution is -2.32. The van der Waals surface area contributed by atoms with E-state index in [2.05, 4.69) is 0 Å². The van der Waals surface area contributed by atoms with Crippen LogP contribution in [0.1, 0.15) is 44.1 Å². The third-order valence-electron chi connectivity index (χ3n) is 3.64. The van der Waals surface area contributed by atoms with E-state index in [-0.39, 0.29) is 0 Å². The van der Waals surface area contributed by atoms with Gasteiger partial charge in [-0.1, -0.05) is 25.7 Å². The molecule has 1 aromatic rings. The van der Waals surface area contributed by atoms with Gasteiger partial charge in [0.25, 0.3) is 0 Å². The van der Waals surface area contributed by atoms with E-state index in [0.29, 0.717) is 6.42 Å². The van der Waals surface area contributed by atoms with Crippen LogP contribution in [0.4, 0.5) is 0 Å². The van der Waals surface area contributed by atoms with Crippen molar-refractivity contribution in [1.29, 1.82) is 0 Å². The van der Waals surface area contributed by atoms with Crippen LogP contribution in [0.5, 0.6) is 0 Å². The standard InChI is InChI=1S/C13H18O3/c14-12(15)13(6-3-1-2-4-7-13)9-11-5-8-16-10-11/h5,8,10H,1-4,6-7,9H2,(H,14,15). The highest BCUT2D eigenvalue weighted by Gasteiger charge is 2.38. The molecule has 0 unspecified atom stereocenters. The molecule has 0 aliphatic heterocycles. The van der Waals surface area contributed by atoms with E-state index in [9.17, 15) is 9.90 Å². The molecule has 2 rings (SSSR count). The fourth-order valence-electron chi connectivity index (χ4n) is 2.66. The molecule has 3 nitrogen and oxygen atoms in total. The molecule has 88 valence electrons. The van der Waals surface area contributed by atoms with Crippen molar-refractivity contribution in [2.24, 2.45) is 5.41 Å². The highest BCUT2D eigenvalue weighted by molar-refractivity contribution is 5.75. The lowest BCUT2D eigenvalue weighted by molar-refractivity contribution is -0.149. The molecular weight excluding hydrogens is 204 g/mol. The van der Waals surface area contributed by atoms with Gasteiger partial charge in [-0.2, -0.15) is 0 Å². The monoisotopic (exact) mass is 222 g/mol. The van der Waals surface area contributed by atoms with E-state index < -0.39 is 11.4 Å². The first-order chi connectivity index (χ1) is 7.73. The van der Waals surface area contributed by atoms with E-state index in [1.54, 1.807) is 12.5 Å². The fourth-order valence-corrected chi connectivity index (χ4v) is 2.66. The van der Waals surface area contributed by atoms with E-state index in [1.165, 1.54) is 12.8 Å². The second-order valence-electron chi connectivity index (χ2n) is 4.81. The molecule has 0 radical (unpaired) electrons. The van der Waals surface area contributed by atoms with Crippen molar-refractivity contribution in [3.05, 3.63) is 24.2 Å². The Morgan fingerprint density at radius 2 is 2.00 bits per heavy atom. The number of furan rings is 1. The Morgan fingerprint density at radius 1 is 1.31 bits per heavy atom. The summed E-state index contributed by atoms with van der Waals surface area (Å²) in [5.74, 6) is -0.643. The lowest BCUT2D eigenvalue weighted by atomic mass is 9.76. The predicted octanol–water partition coefficient (Wildman–Crippen LogP) is 3.25. The Bertz CT molecular complexity index is 332. The molecule has 0 saturated heterocycles. The minimum atomic E-state index is -0.643. The molecule has 0 amide bonds. The van der Waals surface area contributed by atoms with Crippen molar-refractivity contribution < 1.29 is 14.3 Å². The molecule has 0 atom stereocenters. The van der Waals surface area contributed by atoms with Gasteiger partial charge in [0.15, 0.2) is 0 Å². The van der Waals surface area contributed by atoms with Crippen LogP contribution in [0.25, 0.3) is 0 Å². The summed E-state index contributed by atoms with van der Waals surface area (Å²) in [6.07, 6.45) is 9.88. The second kappa shape index (κ2) is 4.73. The maximum absolute atomic E-state index is 11.5. The zero-order chi connectivity index (χ0) is 11.4. The van der Waals surface area contributed by atoms with Crippen LogP contribution in [0.2, 0.25) is 0 Å². The molecule has 0 bridgehead atoms. The van der Waals surface area contributed by atoms with Gasteiger partial charge in [-0.05, 0) is 30.9 Å². The topological polar surface area (TPSA) is 50.4 Å². The highest BCUT2D eigenvalue weighted by atomic mass is 16.4. The summed E-state index contributed by atoms with van der Waals surface area (Å²) in [6, 6.07) is 1.87. The Labute approximate surface area is 95.5 Å². The van der Waals surface area contributed by atoms with Gasteiger partial charge in [0, 0.05) is 0 Å². The molecule has 1 aliphatic carbocycles. The van der Waals surface area contributed by atoms with Crippen molar-refractivity contribution in [2.75, 3.05) is 0 Å². The molecule has 1 saturated carbocycles. The quantitative estimate of drug-likeness (QED) is 0.799. The predicted molar refractivity (Wildman–Crippen MR) is 60.2 cm³/mol. The van der Waals surface area contributed by atoms with Crippen molar-refractivity contribution in [1.82, 2.24) is 0 Å². The Morgan fingerprint density at radius 3 is 2.50 bits per heavy atom. The normalized spacial score (nSPS) is 20.2. The van der Waals surface area contributed by atoms with Crippen molar-refractivity contribution in [2.45, 2.75) is 44.9 Å². The molecule has 0 spiro atoms. The van der Waals surface area contributed by atoms with Crippen LogP contribution in [0.15, 0.2) is 23.0 Å². The van der Waals surface area contributed by atoms with Gasteiger partial charge in [0.2, 0.25) is 0 Å². The van der Waals surface area contributed by atoms with Gasteiger partial charge in [0.1, 0.15) is 0 Å². The molecule has 1 aliphatic rings. The SMILES string of the molecule is O=C(O)C1(Cc2ccoc2)CCCCCC1. The van der Waals surface area contributed by atoms with Crippen LogP contribution in [-0.2, 0) is 11.2 Å². The third-order valence-corrected chi connectivity index (χ3v) is 3.64. The number of carboxylic acids is 1. The number of carbonyl (C=O) groups is 1. The van der Waals surface area contributed by atoms with Gasteiger partial charge in [-0.25, -0.2) is 0 Å². The lowest BCUT2D eigenvalue weighted by Gasteiger charge is -2.27. The van der Waals surface area contributed by atoms with Crippen molar-refractivity contribution >= 4 is 5.97 Å². The number of rotatable bonds is 3. The van der Waals surface area contributed by atoms with Crippen LogP contribution < -0.4 is 0 Å². The third kappa shape index (κ3) is 2.29. The van der Waals surface area contributed by atoms with Gasteiger partial charge in [0.05, 0.1) is 17.9 Å². The summed E-state index contributed by atoms with van der Waals surface area (Å²) in [4.78, 5) is 11.5. The summed E-state index contributed by atoms with van der Waals surface area (Å²) in [5, 5.41) is 9.48. The number of carboxylic acid groups (broad SMARTS) is 1. The largest absolute Gasteiger partial charge is 0.481 e. The van der Waals surface area contributed by atoms with Crippen molar-refractivity contribution in [3.8, 4) is 0 Å². The van der Waals surface area contributed by atoms with Crippen LogP contribution >= 0.6 is 0 Å².